The Balaban J connectivity index is 0.00000256. The maximum atomic E-state index is 12.0. The summed E-state index contributed by atoms with van der Waals surface area (Å²) in [4.78, 5) is 27.7. The first-order valence-corrected chi connectivity index (χ1v) is 6.01. The van der Waals surface area contributed by atoms with Gasteiger partial charge in [0.1, 0.15) is 5.41 Å². The van der Waals surface area contributed by atoms with Gasteiger partial charge in [0.05, 0.1) is 0 Å². The predicted octanol–water partition coefficient (Wildman–Crippen LogP) is 1.38. The molecule has 0 radical (unpaired) electrons. The minimum Gasteiger partial charge on any atom is -0.742 e. The first-order valence-electron chi connectivity index (χ1n) is 5.60. The Kier molecular flexibility index (Phi) is 6.55. The van der Waals surface area contributed by atoms with Crippen LogP contribution in [0.4, 0.5) is 0 Å². The standard InChI is InChI=1S/C11H18N2O2S.Au/c1-4-6-7(3)11(5-2)8(14)12-10(16)13-9(11)15;/h7H,4-6H2,1-3H3,(H2,12,13,14,15,16);/q;+1/p-1. The van der Waals surface area contributed by atoms with E-state index in [-0.39, 0.29) is 45.3 Å². The Labute approximate surface area is 123 Å². The molecule has 0 aromatic rings. The SMILES string of the molecule is CCCC(C)C1(CC)C(=O)N=C([S-])NC1=O.[Au+]. The van der Waals surface area contributed by atoms with E-state index in [1.165, 1.54) is 0 Å². The van der Waals surface area contributed by atoms with Crippen LogP contribution in [0.3, 0.4) is 0 Å². The molecule has 0 spiro atoms. The van der Waals surface area contributed by atoms with Crippen molar-refractivity contribution in [3.05, 3.63) is 0 Å². The van der Waals surface area contributed by atoms with E-state index >= 15 is 0 Å². The largest absolute Gasteiger partial charge is 1.00 e. The van der Waals surface area contributed by atoms with Crippen LogP contribution in [0.15, 0.2) is 4.99 Å². The van der Waals surface area contributed by atoms with Gasteiger partial charge in [0.2, 0.25) is 5.91 Å². The number of hydrogen-bond donors (Lipinski definition) is 1. The van der Waals surface area contributed by atoms with Gasteiger partial charge in [-0.25, -0.2) is 4.99 Å². The molecule has 6 heteroatoms. The van der Waals surface area contributed by atoms with Crippen LogP contribution in [0.1, 0.15) is 40.0 Å². The Morgan fingerprint density at radius 1 is 1.41 bits per heavy atom. The Hall–Kier alpha value is -0.230. The van der Waals surface area contributed by atoms with Crippen LogP contribution >= 0.6 is 0 Å². The second-order valence-electron chi connectivity index (χ2n) is 4.19. The zero-order valence-corrected chi connectivity index (χ0v) is 13.2. The third-order valence-corrected chi connectivity index (χ3v) is 3.52. The molecule has 1 aliphatic heterocycles. The van der Waals surface area contributed by atoms with Gasteiger partial charge in [0.25, 0.3) is 5.91 Å². The number of rotatable bonds is 4. The van der Waals surface area contributed by atoms with Gasteiger partial charge >= 0.3 is 22.4 Å². The number of amides is 2. The van der Waals surface area contributed by atoms with E-state index in [0.717, 1.165) is 12.8 Å². The second kappa shape index (κ2) is 6.64. The van der Waals surface area contributed by atoms with Crippen molar-refractivity contribution in [1.82, 2.24) is 5.32 Å². The topological polar surface area (TPSA) is 58.5 Å². The van der Waals surface area contributed by atoms with Crippen LogP contribution in [0.2, 0.25) is 0 Å². The molecule has 1 aliphatic rings. The minimum atomic E-state index is -1.02. The Bertz CT molecular complexity index is 346. The van der Waals surface area contributed by atoms with E-state index in [2.05, 4.69) is 10.3 Å². The number of nitrogens with one attached hydrogen (secondary N) is 1. The van der Waals surface area contributed by atoms with E-state index in [1.54, 1.807) is 0 Å². The van der Waals surface area contributed by atoms with Crippen molar-refractivity contribution in [2.45, 2.75) is 40.0 Å². The molecule has 4 nitrogen and oxygen atoms in total. The summed E-state index contributed by atoms with van der Waals surface area (Å²) in [6, 6.07) is 0. The van der Waals surface area contributed by atoms with Crippen LogP contribution in [0, 0.1) is 11.3 Å². The maximum absolute atomic E-state index is 12.0. The molecule has 1 heterocycles. The third kappa shape index (κ3) is 2.96. The summed E-state index contributed by atoms with van der Waals surface area (Å²) in [6.07, 6.45) is 2.23. The molecule has 2 atom stereocenters. The van der Waals surface area contributed by atoms with Crippen molar-refractivity contribution in [1.29, 1.82) is 0 Å². The molecule has 1 N–H and O–H groups in total. The average molecular weight is 438 g/mol. The fourth-order valence-corrected chi connectivity index (χ4v) is 2.48. The molecular formula is C11H17AuN2O2S. The summed E-state index contributed by atoms with van der Waals surface area (Å²) in [5, 5.41) is 2.48. The number of nitrogens with zero attached hydrogens (tertiary/aromatic N) is 1. The van der Waals surface area contributed by atoms with Crippen LogP contribution in [0.25, 0.3) is 0 Å². The van der Waals surface area contributed by atoms with Crippen molar-refractivity contribution >= 4 is 29.6 Å². The summed E-state index contributed by atoms with van der Waals surface area (Å²) >= 11 is 4.74. The van der Waals surface area contributed by atoms with Gasteiger partial charge in [-0.3, -0.25) is 9.59 Å². The van der Waals surface area contributed by atoms with E-state index in [9.17, 15) is 9.59 Å². The van der Waals surface area contributed by atoms with E-state index in [1.807, 2.05) is 20.8 Å². The Morgan fingerprint density at radius 2 is 2.00 bits per heavy atom. The first kappa shape index (κ1) is 16.8. The van der Waals surface area contributed by atoms with Gasteiger partial charge in [0.15, 0.2) is 0 Å². The van der Waals surface area contributed by atoms with Gasteiger partial charge in [-0.15, -0.1) is 0 Å². The summed E-state index contributed by atoms with van der Waals surface area (Å²) in [7, 11) is 0. The van der Waals surface area contributed by atoms with Gasteiger partial charge in [-0.1, -0.05) is 27.2 Å². The molecule has 100 valence electrons. The zero-order valence-electron chi connectivity index (χ0n) is 10.2. The number of amidine groups is 1. The molecule has 0 saturated heterocycles. The fourth-order valence-electron chi connectivity index (χ4n) is 2.30. The maximum Gasteiger partial charge on any atom is 1.00 e. The fraction of sp³-hybridized carbons (Fsp3) is 0.727. The van der Waals surface area contributed by atoms with Crippen LogP contribution in [-0.2, 0) is 44.6 Å². The molecule has 2 amide bonds. The first-order chi connectivity index (χ1) is 7.48. The summed E-state index contributed by atoms with van der Waals surface area (Å²) < 4.78 is 0. The molecular weight excluding hydrogens is 421 g/mol. The molecule has 17 heavy (non-hydrogen) atoms. The molecule has 0 fully saturated rings. The minimum absolute atomic E-state index is 0. The van der Waals surface area contributed by atoms with Gasteiger partial charge in [-0.05, 0) is 23.9 Å². The number of carbonyl (C=O) groups excluding carboxylic acids is 2. The summed E-state index contributed by atoms with van der Waals surface area (Å²) in [5.41, 5.74) is -1.02. The molecule has 0 aromatic carbocycles. The normalized spacial score (nSPS) is 25.7. The molecule has 1 rings (SSSR count). The van der Waals surface area contributed by atoms with Gasteiger partial charge in [-0.2, -0.15) is 0 Å². The van der Waals surface area contributed by atoms with Crippen molar-refractivity contribution in [2.75, 3.05) is 0 Å². The van der Waals surface area contributed by atoms with Crippen LogP contribution < -0.4 is 5.32 Å². The Morgan fingerprint density at radius 3 is 2.41 bits per heavy atom. The zero-order chi connectivity index (χ0) is 12.3. The number of carbonyl (C=O) groups is 2. The van der Waals surface area contributed by atoms with Crippen molar-refractivity contribution in [3.8, 4) is 0 Å². The molecule has 0 aliphatic carbocycles. The van der Waals surface area contributed by atoms with Gasteiger partial charge < -0.3 is 17.9 Å². The third-order valence-electron chi connectivity index (χ3n) is 3.33. The van der Waals surface area contributed by atoms with Crippen LogP contribution in [0.5, 0.6) is 0 Å². The van der Waals surface area contributed by atoms with E-state index in [0.29, 0.717) is 6.42 Å². The molecule has 0 bridgehead atoms. The smallest absolute Gasteiger partial charge is 0.742 e. The van der Waals surface area contributed by atoms with Crippen molar-refractivity contribution < 1.29 is 32.0 Å². The van der Waals surface area contributed by atoms with E-state index in [4.69, 9.17) is 12.6 Å². The number of hydrogen-bond acceptors (Lipinski definition) is 3. The van der Waals surface area contributed by atoms with Crippen LogP contribution in [-0.4, -0.2) is 17.0 Å². The van der Waals surface area contributed by atoms with Gasteiger partial charge in [0, 0.05) is 0 Å². The molecule has 0 saturated carbocycles. The summed E-state index contributed by atoms with van der Waals surface area (Å²) in [6.45, 7) is 5.80. The average Bonchev–Trinajstić information content (AvgIpc) is 2.18. The predicted molar refractivity (Wildman–Crippen MR) is 64.7 cm³/mol. The van der Waals surface area contributed by atoms with E-state index < -0.39 is 5.41 Å². The quantitative estimate of drug-likeness (QED) is 0.410. The monoisotopic (exact) mass is 438 g/mol. The molecule has 0 aromatic heterocycles. The second-order valence-corrected chi connectivity index (χ2v) is 4.58. The molecule has 2 unspecified atom stereocenters. The van der Waals surface area contributed by atoms with Crippen molar-refractivity contribution in [2.24, 2.45) is 16.3 Å². The van der Waals surface area contributed by atoms with Crippen molar-refractivity contribution in [3.63, 3.8) is 0 Å². The summed E-state index contributed by atoms with van der Waals surface area (Å²) in [5.74, 6) is -0.687. The number of aliphatic imine (C=N–C) groups is 1.